The van der Waals surface area contributed by atoms with Crippen molar-refractivity contribution in [2.24, 2.45) is 0 Å². The van der Waals surface area contributed by atoms with E-state index in [0.29, 0.717) is 37.3 Å². The van der Waals surface area contributed by atoms with E-state index in [0.717, 1.165) is 5.56 Å². The van der Waals surface area contributed by atoms with Gasteiger partial charge in [-0.3, -0.25) is 0 Å². The van der Waals surface area contributed by atoms with E-state index < -0.39 is 0 Å². The monoisotopic (exact) mass is 353 g/mol. The van der Waals surface area contributed by atoms with Crippen LogP contribution in [0, 0.1) is 0 Å². The number of hydrogen-bond acceptors (Lipinski definition) is 1. The zero-order valence-electron chi connectivity index (χ0n) is 9.48. The van der Waals surface area contributed by atoms with Gasteiger partial charge in [0.15, 0.2) is 0 Å². The van der Waals surface area contributed by atoms with Gasteiger partial charge in [0, 0.05) is 11.6 Å². The molecule has 0 radical (unpaired) electrons. The summed E-state index contributed by atoms with van der Waals surface area (Å²) in [5, 5.41) is 5.54. The molecule has 0 fully saturated rings. The van der Waals surface area contributed by atoms with Crippen molar-refractivity contribution in [1.82, 2.24) is 0 Å². The van der Waals surface area contributed by atoms with Gasteiger partial charge in [0.2, 0.25) is 0 Å². The zero-order valence-corrected chi connectivity index (χ0v) is 13.3. The van der Waals surface area contributed by atoms with Gasteiger partial charge in [0.1, 0.15) is 0 Å². The van der Waals surface area contributed by atoms with E-state index in [1.54, 1.807) is 18.2 Å². The molecule has 0 aliphatic rings. The third-order valence-corrected chi connectivity index (χ3v) is 4.17. The summed E-state index contributed by atoms with van der Waals surface area (Å²) in [5.74, 6) is 0. The second-order valence-corrected chi connectivity index (χ2v) is 5.85. The van der Waals surface area contributed by atoms with E-state index in [1.807, 2.05) is 12.1 Å². The Bertz CT molecular complexity index is 589. The molecule has 100 valence electrons. The van der Waals surface area contributed by atoms with E-state index in [1.165, 1.54) is 0 Å². The topological polar surface area (TPSA) is 12.0 Å². The highest BCUT2D eigenvalue weighted by molar-refractivity contribution is 6.43. The lowest BCUT2D eigenvalue weighted by molar-refractivity contribution is 1.15. The maximum Gasteiger partial charge on any atom is 0.0722 e. The van der Waals surface area contributed by atoms with E-state index >= 15 is 0 Å². The van der Waals surface area contributed by atoms with Gasteiger partial charge in [-0.1, -0.05) is 70.1 Å². The molecule has 19 heavy (non-hydrogen) atoms. The minimum atomic E-state index is 0.454. The van der Waals surface area contributed by atoms with Gasteiger partial charge in [-0.2, -0.15) is 0 Å². The second kappa shape index (κ2) is 6.43. The largest absolute Gasteiger partial charge is 0.378 e. The standard InChI is InChI=1S/C13H8Cl5N/c14-8-4-10(16)13(11(17)5-8)19-6-7-2-1-3-9(15)12(7)18/h1-5,19H,6H2. The Kier molecular flexibility index (Phi) is 5.10. The normalized spacial score (nSPS) is 10.6. The van der Waals surface area contributed by atoms with Crippen LogP contribution in [0.1, 0.15) is 5.56 Å². The van der Waals surface area contributed by atoms with Gasteiger partial charge >= 0.3 is 0 Å². The van der Waals surface area contributed by atoms with Crippen molar-refractivity contribution in [2.45, 2.75) is 6.54 Å². The van der Waals surface area contributed by atoms with Crippen molar-refractivity contribution in [3.63, 3.8) is 0 Å². The van der Waals surface area contributed by atoms with Crippen LogP contribution in [0.25, 0.3) is 0 Å². The third-order valence-electron chi connectivity index (χ3n) is 2.49. The Morgan fingerprint density at radius 1 is 0.842 bits per heavy atom. The molecule has 0 amide bonds. The predicted molar refractivity (Wildman–Crippen MR) is 85.3 cm³/mol. The molecule has 0 spiro atoms. The van der Waals surface area contributed by atoms with Crippen LogP contribution in [-0.2, 0) is 6.54 Å². The van der Waals surface area contributed by atoms with E-state index in [2.05, 4.69) is 5.32 Å². The van der Waals surface area contributed by atoms with E-state index in [-0.39, 0.29) is 0 Å². The molecule has 0 aliphatic carbocycles. The SMILES string of the molecule is Clc1cc(Cl)c(NCc2cccc(Cl)c2Cl)c(Cl)c1. The van der Waals surface area contributed by atoms with Gasteiger partial charge in [-0.15, -0.1) is 0 Å². The summed E-state index contributed by atoms with van der Waals surface area (Å²) in [5.41, 5.74) is 1.47. The Balaban J connectivity index is 2.22. The Hall–Kier alpha value is -0.310. The van der Waals surface area contributed by atoms with Crippen molar-refractivity contribution in [3.05, 3.63) is 61.0 Å². The van der Waals surface area contributed by atoms with Gasteiger partial charge in [0.05, 0.1) is 25.8 Å². The quantitative estimate of drug-likeness (QED) is 0.657. The lowest BCUT2D eigenvalue weighted by Gasteiger charge is -2.12. The minimum absolute atomic E-state index is 0.454. The van der Waals surface area contributed by atoms with Crippen molar-refractivity contribution in [1.29, 1.82) is 0 Å². The number of halogens is 5. The first-order chi connectivity index (χ1) is 8.99. The van der Waals surface area contributed by atoms with Crippen LogP contribution in [0.2, 0.25) is 25.1 Å². The second-order valence-electron chi connectivity index (χ2n) is 3.81. The lowest BCUT2D eigenvalue weighted by atomic mass is 10.2. The molecule has 0 heterocycles. The number of rotatable bonds is 3. The fraction of sp³-hybridized carbons (Fsp3) is 0.0769. The lowest BCUT2D eigenvalue weighted by Crippen LogP contribution is -2.01. The van der Waals surface area contributed by atoms with Crippen LogP contribution in [-0.4, -0.2) is 0 Å². The van der Waals surface area contributed by atoms with Gasteiger partial charge < -0.3 is 5.32 Å². The summed E-state index contributed by atoms with van der Waals surface area (Å²) in [6.07, 6.45) is 0. The molecule has 0 aromatic heterocycles. The number of hydrogen-bond donors (Lipinski definition) is 1. The Morgan fingerprint density at radius 3 is 2.11 bits per heavy atom. The highest BCUT2D eigenvalue weighted by Gasteiger charge is 2.09. The molecule has 6 heteroatoms. The number of benzene rings is 2. The molecule has 0 saturated carbocycles. The minimum Gasteiger partial charge on any atom is -0.378 e. The predicted octanol–water partition coefficient (Wildman–Crippen LogP) is 6.57. The Morgan fingerprint density at radius 2 is 1.47 bits per heavy atom. The molecule has 1 nitrogen and oxygen atoms in total. The van der Waals surface area contributed by atoms with Crippen molar-refractivity contribution in [3.8, 4) is 0 Å². The fourth-order valence-electron chi connectivity index (χ4n) is 1.58. The van der Waals surface area contributed by atoms with Crippen LogP contribution in [0.4, 0.5) is 5.69 Å². The van der Waals surface area contributed by atoms with Crippen molar-refractivity contribution < 1.29 is 0 Å². The van der Waals surface area contributed by atoms with Crippen LogP contribution in [0.5, 0.6) is 0 Å². The van der Waals surface area contributed by atoms with Crippen molar-refractivity contribution >= 4 is 63.7 Å². The van der Waals surface area contributed by atoms with E-state index in [9.17, 15) is 0 Å². The fourth-order valence-corrected chi connectivity index (χ4v) is 2.92. The molecule has 2 aromatic rings. The summed E-state index contributed by atoms with van der Waals surface area (Å²) >= 11 is 30.1. The highest BCUT2D eigenvalue weighted by Crippen LogP contribution is 2.34. The van der Waals surface area contributed by atoms with Gasteiger partial charge in [-0.05, 0) is 23.8 Å². The zero-order chi connectivity index (χ0) is 14.0. The molecule has 0 unspecified atom stereocenters. The Labute approximate surface area is 136 Å². The number of nitrogens with one attached hydrogen (secondary N) is 1. The smallest absolute Gasteiger partial charge is 0.0722 e. The molecule has 0 saturated heterocycles. The van der Waals surface area contributed by atoms with Crippen LogP contribution < -0.4 is 5.32 Å². The molecule has 2 aromatic carbocycles. The summed E-state index contributed by atoms with van der Waals surface area (Å²) < 4.78 is 0. The van der Waals surface area contributed by atoms with Crippen LogP contribution >= 0.6 is 58.0 Å². The first-order valence-corrected chi connectivity index (χ1v) is 7.19. The molecular formula is C13H8Cl5N. The first kappa shape index (κ1) is 15.1. The maximum atomic E-state index is 6.11. The number of anilines is 1. The highest BCUT2D eigenvalue weighted by atomic mass is 35.5. The molecule has 0 aliphatic heterocycles. The van der Waals surface area contributed by atoms with Gasteiger partial charge in [-0.25, -0.2) is 0 Å². The summed E-state index contributed by atoms with van der Waals surface area (Å²) in [6, 6.07) is 8.68. The summed E-state index contributed by atoms with van der Waals surface area (Å²) in [7, 11) is 0. The van der Waals surface area contributed by atoms with Crippen LogP contribution in [0.15, 0.2) is 30.3 Å². The third kappa shape index (κ3) is 3.62. The van der Waals surface area contributed by atoms with Gasteiger partial charge in [0.25, 0.3) is 0 Å². The summed E-state index contributed by atoms with van der Waals surface area (Å²) in [4.78, 5) is 0. The molecule has 1 N–H and O–H groups in total. The average Bonchev–Trinajstić information content (AvgIpc) is 2.33. The first-order valence-electron chi connectivity index (χ1n) is 5.30. The van der Waals surface area contributed by atoms with E-state index in [4.69, 9.17) is 58.0 Å². The molecular weight excluding hydrogens is 347 g/mol. The maximum absolute atomic E-state index is 6.11. The molecule has 2 rings (SSSR count). The van der Waals surface area contributed by atoms with Crippen LogP contribution in [0.3, 0.4) is 0 Å². The van der Waals surface area contributed by atoms with Crippen molar-refractivity contribution in [2.75, 3.05) is 5.32 Å². The average molecular weight is 355 g/mol. The molecule has 0 atom stereocenters. The molecule has 0 bridgehead atoms. The summed E-state index contributed by atoms with van der Waals surface area (Å²) in [6.45, 7) is 0.459.